The van der Waals surface area contributed by atoms with Gasteiger partial charge >= 0.3 is 6.18 Å². The van der Waals surface area contributed by atoms with Gasteiger partial charge in [-0.2, -0.15) is 18.3 Å². The van der Waals surface area contributed by atoms with Gasteiger partial charge in [0.1, 0.15) is 10.2 Å². The van der Waals surface area contributed by atoms with E-state index in [9.17, 15) is 18.0 Å². The number of anilines is 1. The van der Waals surface area contributed by atoms with Crippen LogP contribution >= 0.6 is 22.9 Å². The van der Waals surface area contributed by atoms with E-state index in [4.69, 9.17) is 11.6 Å². The summed E-state index contributed by atoms with van der Waals surface area (Å²) in [5.74, 6) is -0.409. The highest BCUT2D eigenvalue weighted by Crippen LogP contribution is 2.31. The van der Waals surface area contributed by atoms with E-state index in [1.807, 2.05) is 0 Å². The molecule has 3 aromatic rings. The van der Waals surface area contributed by atoms with Crippen LogP contribution in [0.5, 0.6) is 0 Å². The average molecular weight is 429 g/mol. The number of rotatable bonds is 4. The first-order valence-corrected chi connectivity index (χ1v) is 9.38. The van der Waals surface area contributed by atoms with Crippen LogP contribution in [0.4, 0.5) is 18.2 Å². The summed E-state index contributed by atoms with van der Waals surface area (Å²) in [5, 5.41) is 8.21. The maximum absolute atomic E-state index is 12.9. The van der Waals surface area contributed by atoms with Crippen LogP contribution in [0, 0.1) is 13.8 Å². The van der Waals surface area contributed by atoms with Crippen molar-refractivity contribution in [1.29, 1.82) is 0 Å². The Labute approximate surface area is 168 Å². The molecule has 0 saturated heterocycles. The Morgan fingerprint density at radius 3 is 2.61 bits per heavy atom. The van der Waals surface area contributed by atoms with Crippen molar-refractivity contribution in [3.05, 3.63) is 62.5 Å². The van der Waals surface area contributed by atoms with Gasteiger partial charge in [0.05, 0.1) is 27.5 Å². The highest BCUT2D eigenvalue weighted by atomic mass is 35.5. The Balaban J connectivity index is 1.79. The predicted molar refractivity (Wildman–Crippen MR) is 102 cm³/mol. The zero-order chi connectivity index (χ0) is 20.6. The molecule has 0 saturated carbocycles. The van der Waals surface area contributed by atoms with Gasteiger partial charge in [0.15, 0.2) is 0 Å². The Hall–Kier alpha value is -2.39. The van der Waals surface area contributed by atoms with Crippen molar-refractivity contribution in [1.82, 2.24) is 14.8 Å². The van der Waals surface area contributed by atoms with Gasteiger partial charge in [-0.15, -0.1) is 11.3 Å². The number of benzene rings is 1. The van der Waals surface area contributed by atoms with Crippen LogP contribution < -0.4 is 5.32 Å². The minimum Gasteiger partial charge on any atom is -0.312 e. The Bertz CT molecular complexity index is 1040. The molecule has 5 nitrogen and oxygen atoms in total. The minimum absolute atomic E-state index is 0.223. The van der Waals surface area contributed by atoms with Crippen LogP contribution in [0.1, 0.15) is 37.9 Å². The van der Waals surface area contributed by atoms with Crippen LogP contribution in [0.15, 0.2) is 24.3 Å². The number of aryl methyl sites for hydroxylation is 3. The summed E-state index contributed by atoms with van der Waals surface area (Å²) in [4.78, 5) is 16.9. The molecule has 0 bridgehead atoms. The third kappa shape index (κ3) is 4.20. The quantitative estimate of drug-likeness (QED) is 0.635. The zero-order valence-corrected chi connectivity index (χ0v) is 16.8. The standard InChI is InChI=1S/C18H16ClF3N4OS/c1-9-14(15(19)26(3)25-9)16(27)24-17-10(2)23-13(28-17)8-11-5-4-6-12(7-11)18(20,21)22/h4-7H,8H2,1-3H3,(H,24,27). The molecule has 0 aliphatic rings. The number of halogens is 4. The molecule has 28 heavy (non-hydrogen) atoms. The first-order chi connectivity index (χ1) is 13.1. The van der Waals surface area contributed by atoms with Gasteiger partial charge in [-0.05, 0) is 25.5 Å². The van der Waals surface area contributed by atoms with Gasteiger partial charge in [-0.3, -0.25) is 9.48 Å². The first kappa shape index (κ1) is 20.3. The summed E-state index contributed by atoms with van der Waals surface area (Å²) in [6.45, 7) is 3.40. The predicted octanol–water partition coefficient (Wildman–Crippen LogP) is 5.01. The van der Waals surface area contributed by atoms with Crippen molar-refractivity contribution >= 4 is 33.8 Å². The molecule has 0 radical (unpaired) electrons. The van der Waals surface area contributed by atoms with E-state index < -0.39 is 17.6 Å². The lowest BCUT2D eigenvalue weighted by molar-refractivity contribution is -0.137. The number of thiazole rings is 1. The number of carbonyl (C=O) groups is 1. The Kier molecular flexibility index (Phi) is 5.49. The van der Waals surface area contributed by atoms with E-state index in [1.54, 1.807) is 27.0 Å². The number of nitrogens with zero attached hydrogens (tertiary/aromatic N) is 3. The number of carbonyl (C=O) groups excluding carboxylic acids is 1. The maximum Gasteiger partial charge on any atom is 0.416 e. The van der Waals surface area contributed by atoms with Crippen LogP contribution in [0.2, 0.25) is 5.15 Å². The normalized spacial score (nSPS) is 11.7. The highest BCUT2D eigenvalue weighted by molar-refractivity contribution is 7.16. The largest absolute Gasteiger partial charge is 0.416 e. The third-order valence-corrected chi connectivity index (χ3v) is 5.56. The lowest BCUT2D eigenvalue weighted by Gasteiger charge is -2.07. The summed E-state index contributed by atoms with van der Waals surface area (Å²) in [6.07, 6.45) is -4.16. The Morgan fingerprint density at radius 1 is 1.29 bits per heavy atom. The molecule has 1 amide bonds. The SMILES string of the molecule is Cc1nc(Cc2cccc(C(F)(F)F)c2)sc1NC(=O)c1c(C)nn(C)c1Cl. The van der Waals surface area contributed by atoms with Crippen molar-refractivity contribution in [3.63, 3.8) is 0 Å². The van der Waals surface area contributed by atoms with Crippen LogP contribution in [0.3, 0.4) is 0 Å². The molecule has 0 aliphatic carbocycles. The molecule has 3 rings (SSSR count). The number of aromatic nitrogens is 3. The van der Waals surface area contributed by atoms with E-state index >= 15 is 0 Å². The summed E-state index contributed by atoms with van der Waals surface area (Å²) < 4.78 is 40.0. The van der Waals surface area contributed by atoms with Crippen molar-refractivity contribution in [3.8, 4) is 0 Å². The fourth-order valence-corrected chi connectivity index (χ4v) is 3.98. The molecule has 2 heterocycles. The summed E-state index contributed by atoms with van der Waals surface area (Å²) >= 11 is 7.33. The Morgan fingerprint density at radius 2 is 2.00 bits per heavy atom. The number of alkyl halides is 3. The van der Waals surface area contributed by atoms with Gasteiger partial charge < -0.3 is 5.32 Å². The summed E-state index contributed by atoms with van der Waals surface area (Å²) in [6, 6.07) is 5.12. The van der Waals surface area contributed by atoms with E-state index in [0.29, 0.717) is 27.0 Å². The number of amides is 1. The molecule has 0 aliphatic heterocycles. The van der Waals surface area contributed by atoms with Gasteiger partial charge in [-0.25, -0.2) is 4.98 Å². The lowest BCUT2D eigenvalue weighted by Crippen LogP contribution is -2.12. The van der Waals surface area contributed by atoms with Gasteiger partial charge in [0, 0.05) is 13.5 Å². The minimum atomic E-state index is -4.39. The fourth-order valence-electron chi connectivity index (χ4n) is 2.73. The fraction of sp³-hybridized carbons (Fsp3) is 0.278. The monoisotopic (exact) mass is 428 g/mol. The van der Waals surface area contributed by atoms with E-state index in [2.05, 4.69) is 15.4 Å². The highest BCUT2D eigenvalue weighted by Gasteiger charge is 2.30. The van der Waals surface area contributed by atoms with E-state index in [-0.39, 0.29) is 17.1 Å². The second-order valence-corrected chi connectivity index (χ2v) is 7.67. The number of nitrogens with one attached hydrogen (secondary N) is 1. The topological polar surface area (TPSA) is 59.8 Å². The smallest absolute Gasteiger partial charge is 0.312 e. The van der Waals surface area contributed by atoms with Crippen molar-refractivity contribution in [2.75, 3.05) is 5.32 Å². The molecule has 10 heteroatoms. The molecule has 2 aromatic heterocycles. The average Bonchev–Trinajstić information content (AvgIpc) is 3.05. The molecule has 0 unspecified atom stereocenters. The number of hydrogen-bond acceptors (Lipinski definition) is 4. The molecule has 0 atom stereocenters. The first-order valence-electron chi connectivity index (χ1n) is 8.19. The zero-order valence-electron chi connectivity index (χ0n) is 15.2. The molecule has 0 fully saturated rings. The van der Waals surface area contributed by atoms with Gasteiger partial charge in [0.2, 0.25) is 0 Å². The van der Waals surface area contributed by atoms with Crippen molar-refractivity contribution in [2.24, 2.45) is 7.05 Å². The second kappa shape index (κ2) is 7.56. The molecule has 1 aromatic carbocycles. The van der Waals surface area contributed by atoms with Crippen molar-refractivity contribution in [2.45, 2.75) is 26.4 Å². The maximum atomic E-state index is 12.9. The third-order valence-electron chi connectivity index (χ3n) is 4.06. The summed E-state index contributed by atoms with van der Waals surface area (Å²) in [7, 11) is 1.64. The van der Waals surface area contributed by atoms with Gasteiger partial charge in [0.25, 0.3) is 5.91 Å². The van der Waals surface area contributed by atoms with Crippen LogP contribution in [-0.4, -0.2) is 20.7 Å². The summed E-state index contributed by atoms with van der Waals surface area (Å²) in [5.41, 5.74) is 1.15. The molecular weight excluding hydrogens is 413 g/mol. The lowest BCUT2D eigenvalue weighted by atomic mass is 10.1. The van der Waals surface area contributed by atoms with Crippen LogP contribution in [0.25, 0.3) is 0 Å². The van der Waals surface area contributed by atoms with E-state index in [1.165, 1.54) is 22.1 Å². The molecule has 1 N–H and O–H groups in total. The van der Waals surface area contributed by atoms with Crippen molar-refractivity contribution < 1.29 is 18.0 Å². The number of hydrogen-bond donors (Lipinski definition) is 1. The molecule has 0 spiro atoms. The second-order valence-electron chi connectivity index (χ2n) is 6.23. The van der Waals surface area contributed by atoms with Gasteiger partial charge in [-0.1, -0.05) is 29.8 Å². The molecule has 148 valence electrons. The molecular formula is C18H16ClF3N4OS. The van der Waals surface area contributed by atoms with E-state index in [0.717, 1.165) is 12.1 Å². The van der Waals surface area contributed by atoms with Crippen LogP contribution in [-0.2, 0) is 19.6 Å².